The molecule has 1 aliphatic heterocycles. The largest absolute Gasteiger partial charge is 0.449 e. The molecule has 156 valence electrons. The topological polar surface area (TPSA) is 47.9 Å². The van der Waals surface area contributed by atoms with Crippen molar-refractivity contribution in [1.29, 1.82) is 0 Å². The summed E-state index contributed by atoms with van der Waals surface area (Å²) in [6.45, 7) is 2.87. The molecular weight excluding hydrogens is 375 g/mol. The average Bonchev–Trinajstić information content (AvgIpc) is 2.53. The normalized spacial score (nSPS) is 49.6. The third-order valence-electron chi connectivity index (χ3n) is 7.24. The molecule has 0 amide bonds. The predicted molar refractivity (Wildman–Crippen MR) is 82.8 cm³/mol. The van der Waals surface area contributed by atoms with E-state index in [1.54, 1.807) is 0 Å². The fourth-order valence-electron chi connectivity index (χ4n) is 6.22. The van der Waals surface area contributed by atoms with E-state index in [9.17, 15) is 18.3 Å². The molecule has 0 aromatic heterocycles. The number of hydrogen-bond acceptors (Lipinski definition) is 4. The maximum absolute atomic E-state index is 15.3. The minimum atomic E-state index is -5.63. The summed E-state index contributed by atoms with van der Waals surface area (Å²) < 4.78 is 86.5. The van der Waals surface area contributed by atoms with Crippen molar-refractivity contribution in [3.05, 3.63) is 0 Å². The standard InChI is InChI=1S/C18H25F5O4/c1-3-10(2)27-14-6-11-4-12(7-14)15(13(5-11)8-14)16(19,20)17(24,18(21,22)23)26-9-25-15/h10-13,24H,3-9H2,1-2H3. The van der Waals surface area contributed by atoms with E-state index in [0.717, 1.165) is 12.8 Å². The highest BCUT2D eigenvalue weighted by Gasteiger charge is 2.85. The van der Waals surface area contributed by atoms with Crippen LogP contribution in [-0.2, 0) is 14.2 Å². The van der Waals surface area contributed by atoms with Crippen molar-refractivity contribution >= 4 is 0 Å². The van der Waals surface area contributed by atoms with Gasteiger partial charge in [0.05, 0.1) is 11.7 Å². The Kier molecular flexibility index (Phi) is 4.23. The lowest BCUT2D eigenvalue weighted by Gasteiger charge is -2.68. The SMILES string of the molecule is CCC(C)OC12CC3CC(C1)C1(OCOC(O)(C(F)(F)F)C1(F)F)C(C3)C2. The summed E-state index contributed by atoms with van der Waals surface area (Å²) in [4.78, 5) is 0. The highest BCUT2D eigenvalue weighted by atomic mass is 19.4. The van der Waals surface area contributed by atoms with Crippen LogP contribution in [0.25, 0.3) is 0 Å². The molecule has 5 aliphatic rings. The quantitative estimate of drug-likeness (QED) is 0.728. The molecule has 1 N–H and O–H groups in total. The van der Waals surface area contributed by atoms with Crippen molar-refractivity contribution < 1.29 is 41.3 Å². The smallest absolute Gasteiger partial charge is 0.372 e. The molecule has 5 fully saturated rings. The summed E-state index contributed by atoms with van der Waals surface area (Å²) in [5.74, 6) is -10.7. The Bertz CT molecular complexity index is 593. The van der Waals surface area contributed by atoms with Crippen LogP contribution >= 0.6 is 0 Å². The first kappa shape index (κ1) is 19.8. The number of aliphatic hydroxyl groups is 1. The Morgan fingerprint density at radius 2 is 1.70 bits per heavy atom. The van der Waals surface area contributed by atoms with Gasteiger partial charge in [-0.05, 0) is 63.2 Å². The molecule has 1 heterocycles. The third kappa shape index (κ3) is 2.40. The molecule has 5 rings (SSSR count). The maximum atomic E-state index is 15.3. The Morgan fingerprint density at radius 1 is 1.11 bits per heavy atom. The molecule has 1 spiro atoms. The van der Waals surface area contributed by atoms with Crippen LogP contribution in [0.1, 0.15) is 52.4 Å². The number of alkyl halides is 5. The van der Waals surface area contributed by atoms with Crippen LogP contribution in [0.5, 0.6) is 0 Å². The van der Waals surface area contributed by atoms with E-state index in [0.29, 0.717) is 12.8 Å². The molecule has 9 heteroatoms. The van der Waals surface area contributed by atoms with Crippen molar-refractivity contribution in [2.75, 3.05) is 6.79 Å². The van der Waals surface area contributed by atoms with Gasteiger partial charge in [0.15, 0.2) is 6.79 Å². The second-order valence-corrected chi connectivity index (χ2v) is 8.78. The van der Waals surface area contributed by atoms with Gasteiger partial charge in [0.2, 0.25) is 0 Å². The van der Waals surface area contributed by atoms with Gasteiger partial charge < -0.3 is 19.3 Å². The molecule has 1 saturated heterocycles. The van der Waals surface area contributed by atoms with Crippen molar-refractivity contribution in [2.45, 2.75) is 87.6 Å². The maximum Gasteiger partial charge on any atom is 0.449 e. The lowest BCUT2D eigenvalue weighted by molar-refractivity contribution is -0.522. The van der Waals surface area contributed by atoms with Crippen LogP contribution in [0.3, 0.4) is 0 Å². The molecule has 4 bridgehead atoms. The summed E-state index contributed by atoms with van der Waals surface area (Å²) in [5, 5.41) is 9.92. The second kappa shape index (κ2) is 5.77. The number of ether oxygens (including phenoxy) is 3. The van der Waals surface area contributed by atoms with Crippen molar-refractivity contribution in [1.82, 2.24) is 0 Å². The highest BCUT2D eigenvalue weighted by molar-refractivity contribution is 5.22. The van der Waals surface area contributed by atoms with E-state index < -0.39 is 47.7 Å². The fraction of sp³-hybridized carbons (Fsp3) is 1.00. The summed E-state index contributed by atoms with van der Waals surface area (Å²) in [6, 6.07) is 0. The Balaban J connectivity index is 1.73. The first-order valence-corrected chi connectivity index (χ1v) is 9.53. The summed E-state index contributed by atoms with van der Waals surface area (Å²) >= 11 is 0. The number of rotatable bonds is 3. The Labute approximate surface area is 154 Å². The minimum Gasteiger partial charge on any atom is -0.372 e. The van der Waals surface area contributed by atoms with Gasteiger partial charge >= 0.3 is 17.9 Å². The van der Waals surface area contributed by atoms with Crippen LogP contribution in [0.15, 0.2) is 0 Å². The van der Waals surface area contributed by atoms with Crippen molar-refractivity contribution in [3.63, 3.8) is 0 Å². The summed E-state index contributed by atoms with van der Waals surface area (Å²) in [5.41, 5.74) is -2.97. The molecule has 27 heavy (non-hydrogen) atoms. The fourth-order valence-corrected chi connectivity index (χ4v) is 6.22. The van der Waals surface area contributed by atoms with E-state index in [1.807, 2.05) is 13.8 Å². The highest BCUT2D eigenvalue weighted by Crippen LogP contribution is 2.69. The first-order valence-electron chi connectivity index (χ1n) is 9.53. The predicted octanol–water partition coefficient (Wildman–Crippen LogP) is 4.01. The van der Waals surface area contributed by atoms with E-state index in [-0.39, 0.29) is 24.9 Å². The van der Waals surface area contributed by atoms with Crippen LogP contribution in [0.4, 0.5) is 22.0 Å². The van der Waals surface area contributed by atoms with E-state index in [2.05, 4.69) is 4.74 Å². The van der Waals surface area contributed by atoms with Crippen LogP contribution in [0.2, 0.25) is 0 Å². The molecule has 0 aromatic carbocycles. The monoisotopic (exact) mass is 400 g/mol. The zero-order valence-electron chi connectivity index (χ0n) is 15.3. The van der Waals surface area contributed by atoms with Gasteiger partial charge in [0.1, 0.15) is 5.60 Å². The molecule has 4 unspecified atom stereocenters. The van der Waals surface area contributed by atoms with E-state index >= 15 is 8.78 Å². The van der Waals surface area contributed by atoms with Crippen LogP contribution < -0.4 is 0 Å². The zero-order valence-corrected chi connectivity index (χ0v) is 15.3. The molecule has 4 nitrogen and oxygen atoms in total. The number of hydrogen-bond donors (Lipinski definition) is 1. The zero-order chi connectivity index (χ0) is 19.9. The Hall–Kier alpha value is -0.510. The average molecular weight is 400 g/mol. The van der Waals surface area contributed by atoms with E-state index in [4.69, 9.17) is 9.47 Å². The van der Waals surface area contributed by atoms with Crippen LogP contribution in [0, 0.1) is 17.8 Å². The molecule has 4 aliphatic carbocycles. The first-order chi connectivity index (χ1) is 12.4. The molecule has 4 atom stereocenters. The molecule has 4 saturated carbocycles. The molecule has 0 radical (unpaired) electrons. The van der Waals surface area contributed by atoms with Crippen molar-refractivity contribution in [3.8, 4) is 0 Å². The summed E-state index contributed by atoms with van der Waals surface area (Å²) in [7, 11) is 0. The lowest BCUT2D eigenvalue weighted by Crippen LogP contribution is -2.81. The minimum absolute atomic E-state index is 0.0552. The van der Waals surface area contributed by atoms with Crippen molar-refractivity contribution in [2.24, 2.45) is 17.8 Å². The van der Waals surface area contributed by atoms with Gasteiger partial charge in [-0.15, -0.1) is 0 Å². The van der Waals surface area contributed by atoms with Gasteiger partial charge in [-0.1, -0.05) is 6.92 Å². The summed E-state index contributed by atoms with van der Waals surface area (Å²) in [6.07, 6.45) is -3.04. The number of halogens is 5. The third-order valence-corrected chi connectivity index (χ3v) is 7.24. The van der Waals surface area contributed by atoms with Gasteiger partial charge in [0, 0.05) is 0 Å². The second-order valence-electron chi connectivity index (χ2n) is 8.78. The van der Waals surface area contributed by atoms with Gasteiger partial charge in [0.25, 0.3) is 0 Å². The van der Waals surface area contributed by atoms with Gasteiger partial charge in [-0.3, -0.25) is 0 Å². The Morgan fingerprint density at radius 3 is 2.22 bits per heavy atom. The molecular formula is C18H25F5O4. The van der Waals surface area contributed by atoms with Crippen LogP contribution in [-0.4, -0.2) is 47.1 Å². The lowest BCUT2D eigenvalue weighted by atomic mass is 9.46. The molecule has 0 aromatic rings. The van der Waals surface area contributed by atoms with Gasteiger partial charge in [-0.25, -0.2) is 0 Å². The van der Waals surface area contributed by atoms with E-state index in [1.165, 1.54) is 0 Å². The van der Waals surface area contributed by atoms with Gasteiger partial charge in [-0.2, -0.15) is 22.0 Å².